The summed E-state index contributed by atoms with van der Waals surface area (Å²) in [5.74, 6) is 1.94. The van der Waals surface area contributed by atoms with Crippen molar-refractivity contribution in [2.45, 2.75) is 32.4 Å². The van der Waals surface area contributed by atoms with Gasteiger partial charge in [0.05, 0.1) is 6.17 Å². The minimum Gasteiger partial charge on any atom is -0.316 e. The third-order valence-corrected chi connectivity index (χ3v) is 3.21. The van der Waals surface area contributed by atoms with Gasteiger partial charge in [0.25, 0.3) is 0 Å². The van der Waals surface area contributed by atoms with E-state index in [1.807, 2.05) is 0 Å². The summed E-state index contributed by atoms with van der Waals surface area (Å²) in [6.07, 6.45) is 4.66. The third kappa shape index (κ3) is 1.42. The van der Waals surface area contributed by atoms with Crippen LogP contribution in [0.25, 0.3) is 0 Å². The molecule has 2 heteroatoms. The largest absolute Gasteiger partial charge is 0.316 e. The van der Waals surface area contributed by atoms with E-state index in [2.05, 4.69) is 11.8 Å². The van der Waals surface area contributed by atoms with E-state index in [1.165, 1.54) is 32.4 Å². The summed E-state index contributed by atoms with van der Waals surface area (Å²) in [5.41, 5.74) is 5.85. The Bertz CT molecular complexity index is 132. The van der Waals surface area contributed by atoms with E-state index in [1.54, 1.807) is 0 Å². The van der Waals surface area contributed by atoms with Crippen molar-refractivity contribution in [1.82, 2.24) is 4.90 Å². The summed E-state index contributed by atoms with van der Waals surface area (Å²) in [6.45, 7) is 4.62. The van der Waals surface area contributed by atoms with Crippen LogP contribution in [0.5, 0.6) is 0 Å². The molecule has 0 amide bonds. The molecule has 1 heterocycles. The predicted octanol–water partition coefficient (Wildman–Crippen LogP) is 1.02. The molecule has 0 spiro atoms. The molecule has 2 bridgehead atoms. The SMILES string of the molecule is CC(N)N1CC2CCC(C2)C1. The van der Waals surface area contributed by atoms with Gasteiger partial charge in [-0.1, -0.05) is 0 Å². The molecule has 64 valence electrons. The fraction of sp³-hybridized carbons (Fsp3) is 1.00. The van der Waals surface area contributed by atoms with Gasteiger partial charge in [0.15, 0.2) is 0 Å². The molecule has 1 saturated carbocycles. The highest BCUT2D eigenvalue weighted by molar-refractivity contribution is 4.86. The van der Waals surface area contributed by atoms with Crippen LogP contribution in [0.15, 0.2) is 0 Å². The van der Waals surface area contributed by atoms with Gasteiger partial charge in [0, 0.05) is 13.1 Å². The minimum absolute atomic E-state index is 0.276. The summed E-state index contributed by atoms with van der Waals surface area (Å²) in [7, 11) is 0. The number of fused-ring (bicyclic) bond motifs is 2. The lowest BCUT2D eigenvalue weighted by molar-refractivity contribution is 0.128. The lowest BCUT2D eigenvalue weighted by atomic mass is 9.99. The Hall–Kier alpha value is -0.0800. The highest BCUT2D eigenvalue weighted by Gasteiger charge is 2.33. The monoisotopic (exact) mass is 154 g/mol. The average molecular weight is 154 g/mol. The molecule has 11 heavy (non-hydrogen) atoms. The molecule has 0 aromatic heterocycles. The highest BCUT2D eigenvalue weighted by Crippen LogP contribution is 2.36. The number of rotatable bonds is 1. The average Bonchev–Trinajstić information content (AvgIpc) is 2.30. The number of nitrogens with zero attached hydrogens (tertiary/aromatic N) is 1. The molecule has 0 aromatic carbocycles. The van der Waals surface area contributed by atoms with Gasteiger partial charge in [-0.2, -0.15) is 0 Å². The standard InChI is InChI=1S/C9H18N2/c1-7(10)11-5-8-2-3-9(4-8)6-11/h7-9H,2-6,10H2,1H3. The van der Waals surface area contributed by atoms with E-state index in [0.717, 1.165) is 11.8 Å². The van der Waals surface area contributed by atoms with Crippen LogP contribution in [-0.2, 0) is 0 Å². The maximum Gasteiger partial charge on any atom is 0.0542 e. The zero-order chi connectivity index (χ0) is 7.84. The summed E-state index contributed by atoms with van der Waals surface area (Å²) < 4.78 is 0. The van der Waals surface area contributed by atoms with Crippen molar-refractivity contribution in [2.75, 3.05) is 13.1 Å². The van der Waals surface area contributed by atoms with Crippen LogP contribution >= 0.6 is 0 Å². The lowest BCUT2D eigenvalue weighted by Gasteiger charge is -2.34. The van der Waals surface area contributed by atoms with Gasteiger partial charge < -0.3 is 5.73 Å². The number of hydrogen-bond acceptors (Lipinski definition) is 2. The second kappa shape index (κ2) is 2.76. The Morgan fingerprint density at radius 1 is 1.27 bits per heavy atom. The van der Waals surface area contributed by atoms with Crippen molar-refractivity contribution in [3.8, 4) is 0 Å². The third-order valence-electron chi connectivity index (χ3n) is 3.21. The summed E-state index contributed by atoms with van der Waals surface area (Å²) in [6, 6.07) is 0. The second-order valence-electron chi connectivity index (χ2n) is 4.24. The topological polar surface area (TPSA) is 29.3 Å². The molecular formula is C9H18N2. The molecule has 3 atom stereocenters. The van der Waals surface area contributed by atoms with E-state index < -0.39 is 0 Å². The van der Waals surface area contributed by atoms with Crippen LogP contribution in [-0.4, -0.2) is 24.2 Å². The van der Waals surface area contributed by atoms with Crippen LogP contribution < -0.4 is 5.73 Å². The Kier molecular flexibility index (Phi) is 1.90. The number of likely N-dealkylation sites (tertiary alicyclic amines) is 1. The Morgan fingerprint density at radius 3 is 2.27 bits per heavy atom. The first-order valence-electron chi connectivity index (χ1n) is 4.75. The molecule has 2 aliphatic rings. The molecule has 2 nitrogen and oxygen atoms in total. The van der Waals surface area contributed by atoms with E-state index in [0.29, 0.717) is 0 Å². The second-order valence-corrected chi connectivity index (χ2v) is 4.24. The molecule has 1 aliphatic heterocycles. The maximum absolute atomic E-state index is 5.85. The van der Waals surface area contributed by atoms with Gasteiger partial charge >= 0.3 is 0 Å². The number of nitrogens with two attached hydrogens (primary N) is 1. The quantitative estimate of drug-likeness (QED) is 0.611. The fourth-order valence-corrected chi connectivity index (χ4v) is 2.58. The smallest absolute Gasteiger partial charge is 0.0542 e. The molecule has 2 rings (SSSR count). The van der Waals surface area contributed by atoms with Crippen LogP contribution in [0, 0.1) is 11.8 Å². The summed E-state index contributed by atoms with van der Waals surface area (Å²) in [4.78, 5) is 2.44. The number of piperidine rings is 1. The molecule has 2 fully saturated rings. The van der Waals surface area contributed by atoms with Crippen LogP contribution in [0.1, 0.15) is 26.2 Å². The van der Waals surface area contributed by atoms with Crippen molar-refractivity contribution in [2.24, 2.45) is 17.6 Å². The molecule has 0 radical (unpaired) electrons. The van der Waals surface area contributed by atoms with E-state index >= 15 is 0 Å². The zero-order valence-corrected chi connectivity index (χ0v) is 7.29. The first kappa shape index (κ1) is 7.56. The normalized spacial score (nSPS) is 40.9. The van der Waals surface area contributed by atoms with E-state index in [9.17, 15) is 0 Å². The summed E-state index contributed by atoms with van der Waals surface area (Å²) in [5, 5.41) is 0. The lowest BCUT2D eigenvalue weighted by Crippen LogP contribution is -2.46. The van der Waals surface area contributed by atoms with Crippen LogP contribution in [0.2, 0.25) is 0 Å². The number of hydrogen-bond donors (Lipinski definition) is 1. The molecule has 1 aliphatic carbocycles. The van der Waals surface area contributed by atoms with Crippen molar-refractivity contribution in [3.05, 3.63) is 0 Å². The van der Waals surface area contributed by atoms with Crippen molar-refractivity contribution < 1.29 is 0 Å². The summed E-state index contributed by atoms with van der Waals surface area (Å²) >= 11 is 0. The Labute approximate surface area is 68.7 Å². The van der Waals surface area contributed by atoms with Gasteiger partial charge in [0.1, 0.15) is 0 Å². The molecule has 2 N–H and O–H groups in total. The van der Waals surface area contributed by atoms with Gasteiger partial charge in [-0.3, -0.25) is 4.90 Å². The van der Waals surface area contributed by atoms with Crippen molar-refractivity contribution >= 4 is 0 Å². The predicted molar refractivity (Wildman–Crippen MR) is 46.1 cm³/mol. The molecule has 0 aromatic rings. The minimum atomic E-state index is 0.276. The molecule has 3 unspecified atom stereocenters. The molecular weight excluding hydrogens is 136 g/mol. The van der Waals surface area contributed by atoms with Gasteiger partial charge in [-0.15, -0.1) is 0 Å². The Balaban J connectivity index is 1.97. The highest BCUT2D eigenvalue weighted by atomic mass is 15.2. The fourth-order valence-electron chi connectivity index (χ4n) is 2.58. The van der Waals surface area contributed by atoms with E-state index in [-0.39, 0.29) is 6.17 Å². The maximum atomic E-state index is 5.85. The van der Waals surface area contributed by atoms with Gasteiger partial charge in [-0.05, 0) is 38.0 Å². The molecule has 1 saturated heterocycles. The van der Waals surface area contributed by atoms with E-state index in [4.69, 9.17) is 5.73 Å². The van der Waals surface area contributed by atoms with Crippen molar-refractivity contribution in [3.63, 3.8) is 0 Å². The van der Waals surface area contributed by atoms with Crippen LogP contribution in [0.4, 0.5) is 0 Å². The first-order chi connectivity index (χ1) is 5.25. The Morgan fingerprint density at radius 2 is 1.82 bits per heavy atom. The van der Waals surface area contributed by atoms with Crippen LogP contribution in [0.3, 0.4) is 0 Å². The first-order valence-corrected chi connectivity index (χ1v) is 4.75. The zero-order valence-electron chi connectivity index (χ0n) is 7.29. The van der Waals surface area contributed by atoms with Gasteiger partial charge in [-0.25, -0.2) is 0 Å². The van der Waals surface area contributed by atoms with Crippen molar-refractivity contribution in [1.29, 1.82) is 0 Å². The van der Waals surface area contributed by atoms with Gasteiger partial charge in [0.2, 0.25) is 0 Å².